The summed E-state index contributed by atoms with van der Waals surface area (Å²) in [6.45, 7) is 7.12. The highest BCUT2D eigenvalue weighted by Gasteiger charge is 2.21. The second-order valence-corrected chi connectivity index (χ2v) is 6.62. The van der Waals surface area contributed by atoms with Gasteiger partial charge < -0.3 is 14.0 Å². The van der Waals surface area contributed by atoms with Crippen LogP contribution in [0.2, 0.25) is 0 Å². The van der Waals surface area contributed by atoms with Crippen molar-refractivity contribution in [1.82, 2.24) is 0 Å². The maximum absolute atomic E-state index is 12.0. The Hall–Kier alpha value is -1.20. The lowest BCUT2D eigenvalue weighted by Gasteiger charge is -2.12. The van der Waals surface area contributed by atoms with E-state index in [1.165, 1.54) is 6.66 Å². The van der Waals surface area contributed by atoms with E-state index >= 15 is 0 Å². The van der Waals surface area contributed by atoms with Crippen LogP contribution in [0.5, 0.6) is 0 Å². The van der Waals surface area contributed by atoms with Crippen LogP contribution < -0.4 is 0 Å². The Kier molecular flexibility index (Phi) is 9.08. The minimum Gasteiger partial charge on any atom is -0.462 e. The molecule has 0 aromatic rings. The number of hydrogen-bond acceptors (Lipinski definition) is 6. The van der Waals surface area contributed by atoms with Gasteiger partial charge in [-0.3, -0.25) is 4.57 Å². The van der Waals surface area contributed by atoms with Gasteiger partial charge >= 0.3 is 12.1 Å². The first-order chi connectivity index (χ1) is 9.36. The van der Waals surface area contributed by atoms with E-state index < -0.39 is 19.4 Å². The van der Waals surface area contributed by atoms with Gasteiger partial charge in [-0.25, -0.2) is 9.59 Å². The smallest absolute Gasteiger partial charge is 0.434 e. The summed E-state index contributed by atoms with van der Waals surface area (Å²) in [5.41, 5.74) is -0.105. The lowest BCUT2D eigenvalue weighted by atomic mass is 10.3. The van der Waals surface area contributed by atoms with Gasteiger partial charge in [-0.05, 0) is 20.8 Å². The highest BCUT2D eigenvalue weighted by atomic mass is 31.2. The average molecular weight is 307 g/mol. The van der Waals surface area contributed by atoms with Crippen molar-refractivity contribution in [3.8, 4) is 0 Å². The van der Waals surface area contributed by atoms with Crippen LogP contribution >= 0.6 is 7.37 Å². The summed E-state index contributed by atoms with van der Waals surface area (Å²) < 4.78 is 26.5. The van der Waals surface area contributed by atoms with Crippen molar-refractivity contribution in [1.29, 1.82) is 0 Å². The van der Waals surface area contributed by atoms with Gasteiger partial charge in [-0.15, -0.1) is 0 Å². The monoisotopic (exact) mass is 307 g/mol. The number of amides is 1. The molecule has 0 N–H and O–H groups in total. The van der Waals surface area contributed by atoms with Gasteiger partial charge in [0.25, 0.3) is 0 Å². The summed E-state index contributed by atoms with van der Waals surface area (Å²) in [6.07, 6.45) is -0.721. The van der Waals surface area contributed by atoms with Crippen LogP contribution in [0.15, 0.2) is 4.99 Å². The van der Waals surface area contributed by atoms with Crippen LogP contribution in [0, 0.1) is 0 Å². The first-order valence-electron chi connectivity index (χ1n) is 6.48. The van der Waals surface area contributed by atoms with E-state index in [4.69, 9.17) is 9.26 Å². The molecule has 0 aliphatic rings. The van der Waals surface area contributed by atoms with Gasteiger partial charge in [0.2, 0.25) is 7.37 Å². The average Bonchev–Trinajstić information content (AvgIpc) is 2.35. The fraction of sp³-hybridized carbons (Fsp3) is 0.750. The third-order valence-corrected chi connectivity index (χ3v) is 4.00. The second-order valence-electron chi connectivity index (χ2n) is 3.88. The maximum atomic E-state index is 12.0. The summed E-state index contributed by atoms with van der Waals surface area (Å²) in [4.78, 5) is 26.5. The van der Waals surface area contributed by atoms with E-state index in [1.807, 2.05) is 0 Å². The predicted octanol–water partition coefficient (Wildman–Crippen LogP) is 2.48. The van der Waals surface area contributed by atoms with E-state index in [-0.39, 0.29) is 31.5 Å². The molecule has 0 aliphatic carbocycles. The van der Waals surface area contributed by atoms with E-state index in [1.54, 1.807) is 20.8 Å². The van der Waals surface area contributed by atoms with Gasteiger partial charge in [-0.2, -0.15) is 4.99 Å². The number of aliphatic imine (C=N–C) groups is 1. The Morgan fingerprint density at radius 1 is 1.05 bits per heavy atom. The molecule has 0 bridgehead atoms. The standard InChI is InChI=1S/C12H22NO6P/c1-5-17-11(14)10(13-12(15)18-6-2)8-9-20(4,16)19-7-3/h5-9H2,1-4H3/t20-/m0/s1. The van der Waals surface area contributed by atoms with Gasteiger partial charge in [0.15, 0.2) is 0 Å². The molecule has 0 fully saturated rings. The first-order valence-corrected chi connectivity index (χ1v) is 8.74. The lowest BCUT2D eigenvalue weighted by molar-refractivity contribution is -0.135. The Morgan fingerprint density at radius 2 is 1.65 bits per heavy atom. The Labute approximate surface area is 119 Å². The minimum atomic E-state index is -2.80. The molecule has 0 spiro atoms. The van der Waals surface area contributed by atoms with Crippen LogP contribution in [0.1, 0.15) is 27.2 Å². The Bertz CT molecular complexity index is 407. The Morgan fingerprint density at radius 3 is 2.15 bits per heavy atom. The maximum Gasteiger partial charge on any atom is 0.434 e. The molecule has 0 unspecified atom stereocenters. The summed E-state index contributed by atoms with van der Waals surface area (Å²) in [5, 5.41) is 0. The van der Waals surface area contributed by atoms with Crippen molar-refractivity contribution in [3.63, 3.8) is 0 Å². The third-order valence-electron chi connectivity index (χ3n) is 2.16. The van der Waals surface area contributed by atoms with Crippen molar-refractivity contribution in [2.24, 2.45) is 4.99 Å². The summed E-state index contributed by atoms with van der Waals surface area (Å²) in [5.74, 6) is -0.711. The van der Waals surface area contributed by atoms with Crippen LogP contribution in [0.3, 0.4) is 0 Å². The predicted molar refractivity (Wildman–Crippen MR) is 75.7 cm³/mol. The fourth-order valence-electron chi connectivity index (χ4n) is 1.33. The Balaban J connectivity index is 4.82. The van der Waals surface area contributed by atoms with E-state index in [9.17, 15) is 14.2 Å². The molecule has 0 heterocycles. The third kappa shape index (κ3) is 8.07. The van der Waals surface area contributed by atoms with Crippen molar-refractivity contribution >= 4 is 25.1 Å². The zero-order valence-electron chi connectivity index (χ0n) is 12.4. The zero-order valence-corrected chi connectivity index (χ0v) is 13.3. The van der Waals surface area contributed by atoms with Crippen molar-refractivity contribution < 1.29 is 28.2 Å². The number of carbonyl (C=O) groups is 2. The zero-order chi connectivity index (χ0) is 15.6. The lowest BCUT2D eigenvalue weighted by Crippen LogP contribution is -2.21. The number of rotatable bonds is 8. The minimum absolute atomic E-state index is 0.0332. The molecular formula is C12H22NO6P. The van der Waals surface area contributed by atoms with E-state index in [2.05, 4.69) is 9.73 Å². The molecule has 8 heteroatoms. The SMILES string of the molecule is CCOC(=O)N=C(CC[P@@](C)(=O)OCC)C(=O)OCC. The highest BCUT2D eigenvalue weighted by molar-refractivity contribution is 7.58. The van der Waals surface area contributed by atoms with Crippen molar-refractivity contribution in [2.75, 3.05) is 32.6 Å². The molecule has 1 amide bonds. The van der Waals surface area contributed by atoms with Crippen LogP contribution in [-0.2, 0) is 23.4 Å². The van der Waals surface area contributed by atoms with Crippen molar-refractivity contribution in [3.05, 3.63) is 0 Å². The summed E-state index contributed by atoms with van der Waals surface area (Å²) in [7, 11) is -2.80. The first kappa shape index (κ1) is 18.8. The molecule has 20 heavy (non-hydrogen) atoms. The fourth-order valence-corrected chi connectivity index (χ4v) is 2.62. The van der Waals surface area contributed by atoms with Crippen molar-refractivity contribution in [2.45, 2.75) is 27.2 Å². The molecule has 0 saturated heterocycles. The van der Waals surface area contributed by atoms with E-state index in [0.717, 1.165) is 0 Å². The summed E-state index contributed by atoms with van der Waals surface area (Å²) >= 11 is 0. The van der Waals surface area contributed by atoms with Crippen LogP contribution in [0.4, 0.5) is 4.79 Å². The number of esters is 1. The molecule has 0 aromatic heterocycles. The number of carbonyl (C=O) groups excluding carboxylic acids is 2. The molecule has 0 rings (SSSR count). The normalized spacial score (nSPS) is 14.5. The number of ether oxygens (including phenoxy) is 2. The highest BCUT2D eigenvalue weighted by Crippen LogP contribution is 2.42. The topological polar surface area (TPSA) is 91.3 Å². The van der Waals surface area contributed by atoms with Crippen LogP contribution in [0.25, 0.3) is 0 Å². The molecule has 1 atom stereocenters. The molecule has 0 aromatic carbocycles. The molecule has 116 valence electrons. The number of nitrogens with zero attached hydrogens (tertiary/aromatic N) is 1. The van der Waals surface area contributed by atoms with Gasteiger partial charge in [0.05, 0.1) is 19.8 Å². The number of hydrogen-bond donors (Lipinski definition) is 0. The second kappa shape index (κ2) is 9.66. The molecule has 7 nitrogen and oxygen atoms in total. The summed E-state index contributed by atoms with van der Waals surface area (Å²) in [6, 6.07) is 0. The van der Waals surface area contributed by atoms with Gasteiger partial charge in [0, 0.05) is 19.2 Å². The molecule has 0 saturated carbocycles. The largest absolute Gasteiger partial charge is 0.462 e. The molecule has 0 aliphatic heterocycles. The van der Waals surface area contributed by atoms with E-state index in [0.29, 0.717) is 6.61 Å². The van der Waals surface area contributed by atoms with Gasteiger partial charge in [0.1, 0.15) is 5.71 Å². The van der Waals surface area contributed by atoms with Gasteiger partial charge in [-0.1, -0.05) is 0 Å². The van der Waals surface area contributed by atoms with Crippen LogP contribution in [-0.4, -0.2) is 50.4 Å². The quantitative estimate of drug-likeness (QED) is 0.388. The molecular weight excluding hydrogens is 285 g/mol. The molecule has 0 radical (unpaired) electrons.